The predicted molar refractivity (Wildman–Crippen MR) is 120 cm³/mol. The molecule has 1 aromatic heterocycles. The summed E-state index contributed by atoms with van der Waals surface area (Å²) in [6.07, 6.45) is 4.76. The minimum absolute atomic E-state index is 0.536. The third-order valence-corrected chi connectivity index (χ3v) is 4.78. The predicted octanol–water partition coefficient (Wildman–Crippen LogP) is 6.23. The van der Waals surface area contributed by atoms with E-state index in [1.165, 1.54) is 0 Å². The maximum Gasteiger partial charge on any atom is 0.238 e. The molecule has 29 heavy (non-hydrogen) atoms. The van der Waals surface area contributed by atoms with Crippen LogP contribution in [0.25, 0.3) is 5.69 Å². The molecule has 6 heteroatoms. The number of aryl methyl sites for hydroxylation is 2. The molecule has 3 aromatic rings. The van der Waals surface area contributed by atoms with Gasteiger partial charge in [0, 0.05) is 23.8 Å². The summed E-state index contributed by atoms with van der Waals surface area (Å²) in [5, 5.41) is 8.43. The molecule has 0 radical (unpaired) electrons. The SMILES string of the molecule is Cc1cc(Oc2ccn(-c3ccc(Cl)cc3)n2)c(C)cc1/N=C/NCCC(C)C. The van der Waals surface area contributed by atoms with E-state index in [2.05, 4.69) is 29.3 Å². The van der Waals surface area contributed by atoms with Gasteiger partial charge in [-0.05, 0) is 73.7 Å². The van der Waals surface area contributed by atoms with E-state index in [0.717, 1.165) is 41.2 Å². The molecule has 0 aliphatic rings. The Kier molecular flexibility index (Phi) is 6.94. The minimum Gasteiger partial charge on any atom is -0.437 e. The van der Waals surface area contributed by atoms with Gasteiger partial charge in [0.25, 0.3) is 0 Å². The Morgan fingerprint density at radius 2 is 1.90 bits per heavy atom. The summed E-state index contributed by atoms with van der Waals surface area (Å²) in [6, 6.07) is 13.4. The smallest absolute Gasteiger partial charge is 0.238 e. The monoisotopic (exact) mass is 410 g/mol. The van der Waals surface area contributed by atoms with Gasteiger partial charge in [-0.2, -0.15) is 0 Å². The highest BCUT2D eigenvalue weighted by molar-refractivity contribution is 6.30. The van der Waals surface area contributed by atoms with Crippen LogP contribution in [-0.2, 0) is 0 Å². The van der Waals surface area contributed by atoms with E-state index in [4.69, 9.17) is 16.3 Å². The lowest BCUT2D eigenvalue weighted by Gasteiger charge is -2.10. The van der Waals surface area contributed by atoms with Crippen molar-refractivity contribution < 1.29 is 4.74 Å². The molecule has 0 spiro atoms. The van der Waals surface area contributed by atoms with Crippen molar-refractivity contribution in [2.45, 2.75) is 34.1 Å². The van der Waals surface area contributed by atoms with Crippen molar-refractivity contribution >= 4 is 23.6 Å². The van der Waals surface area contributed by atoms with Crippen molar-refractivity contribution in [2.75, 3.05) is 6.54 Å². The second-order valence-electron chi connectivity index (χ2n) is 7.48. The van der Waals surface area contributed by atoms with Gasteiger partial charge in [0.15, 0.2) is 0 Å². The Morgan fingerprint density at radius 3 is 2.62 bits per heavy atom. The summed E-state index contributed by atoms with van der Waals surface area (Å²) in [7, 11) is 0. The molecule has 0 saturated carbocycles. The molecule has 0 atom stereocenters. The summed E-state index contributed by atoms with van der Waals surface area (Å²) in [5.74, 6) is 1.99. The third-order valence-electron chi connectivity index (χ3n) is 4.52. The Bertz CT molecular complexity index is 977. The van der Waals surface area contributed by atoms with Crippen LogP contribution in [0.2, 0.25) is 5.02 Å². The molecular formula is C23H27ClN4O. The molecule has 152 valence electrons. The number of hydrogen-bond donors (Lipinski definition) is 1. The maximum absolute atomic E-state index is 6.01. The van der Waals surface area contributed by atoms with Gasteiger partial charge in [0.2, 0.25) is 5.88 Å². The average Bonchev–Trinajstić information content (AvgIpc) is 3.14. The van der Waals surface area contributed by atoms with Crippen LogP contribution in [0.3, 0.4) is 0 Å². The summed E-state index contributed by atoms with van der Waals surface area (Å²) < 4.78 is 7.77. The molecule has 2 aromatic carbocycles. The minimum atomic E-state index is 0.536. The Morgan fingerprint density at radius 1 is 1.14 bits per heavy atom. The standard InChI is InChI=1S/C23H27ClN4O/c1-16(2)9-11-25-15-26-21-13-18(4)22(14-17(21)3)29-23-10-12-28(27-23)20-7-5-19(24)6-8-20/h5-8,10,12-16H,9,11H2,1-4H3,(H,25,26). The average molecular weight is 411 g/mol. The normalized spacial score (nSPS) is 11.4. The van der Waals surface area contributed by atoms with Crippen LogP contribution in [0.1, 0.15) is 31.4 Å². The van der Waals surface area contributed by atoms with Gasteiger partial charge in [-0.3, -0.25) is 0 Å². The van der Waals surface area contributed by atoms with Gasteiger partial charge in [-0.25, -0.2) is 9.67 Å². The lowest BCUT2D eigenvalue weighted by atomic mass is 10.1. The maximum atomic E-state index is 6.01. The number of aliphatic imine (C=N–C) groups is 1. The van der Waals surface area contributed by atoms with E-state index in [9.17, 15) is 0 Å². The topological polar surface area (TPSA) is 51.4 Å². The van der Waals surface area contributed by atoms with Crippen LogP contribution < -0.4 is 10.1 Å². The number of halogens is 1. The lowest BCUT2D eigenvalue weighted by Crippen LogP contribution is -2.14. The van der Waals surface area contributed by atoms with Crippen LogP contribution in [-0.4, -0.2) is 22.7 Å². The fraction of sp³-hybridized carbons (Fsp3) is 0.304. The first-order valence-corrected chi connectivity index (χ1v) is 10.2. The van der Waals surface area contributed by atoms with E-state index in [0.29, 0.717) is 16.8 Å². The van der Waals surface area contributed by atoms with E-state index >= 15 is 0 Å². The summed E-state index contributed by atoms with van der Waals surface area (Å²) in [4.78, 5) is 4.54. The highest BCUT2D eigenvalue weighted by Gasteiger charge is 2.09. The first-order chi connectivity index (χ1) is 13.9. The highest BCUT2D eigenvalue weighted by atomic mass is 35.5. The number of rotatable bonds is 8. The van der Waals surface area contributed by atoms with Gasteiger partial charge in [0.1, 0.15) is 5.75 Å². The first-order valence-electron chi connectivity index (χ1n) is 9.79. The highest BCUT2D eigenvalue weighted by Crippen LogP contribution is 2.31. The molecule has 3 rings (SSSR count). The zero-order valence-electron chi connectivity index (χ0n) is 17.3. The van der Waals surface area contributed by atoms with Gasteiger partial charge in [-0.15, -0.1) is 5.10 Å². The Balaban J connectivity index is 1.68. The number of benzene rings is 2. The third kappa shape index (κ3) is 5.84. The fourth-order valence-corrected chi connectivity index (χ4v) is 2.91. The summed E-state index contributed by atoms with van der Waals surface area (Å²) in [6.45, 7) is 9.39. The molecule has 0 aliphatic carbocycles. The van der Waals surface area contributed by atoms with Crippen molar-refractivity contribution in [3.8, 4) is 17.3 Å². The van der Waals surface area contributed by atoms with Crippen LogP contribution in [0.15, 0.2) is 53.7 Å². The Hall–Kier alpha value is -2.79. The molecule has 0 bridgehead atoms. The van der Waals surface area contributed by atoms with E-state index < -0.39 is 0 Å². The number of hydrogen-bond acceptors (Lipinski definition) is 3. The van der Waals surface area contributed by atoms with Crippen molar-refractivity contribution in [1.29, 1.82) is 0 Å². The zero-order valence-corrected chi connectivity index (χ0v) is 18.1. The molecule has 0 fully saturated rings. The molecule has 0 aliphatic heterocycles. The Labute approximate surface area is 177 Å². The number of nitrogens with zero attached hydrogens (tertiary/aromatic N) is 3. The number of ether oxygens (including phenoxy) is 1. The molecule has 1 heterocycles. The van der Waals surface area contributed by atoms with Crippen LogP contribution in [0, 0.1) is 19.8 Å². The second kappa shape index (κ2) is 9.61. The van der Waals surface area contributed by atoms with Crippen LogP contribution >= 0.6 is 11.6 Å². The van der Waals surface area contributed by atoms with E-state index in [1.807, 2.05) is 62.5 Å². The molecule has 5 nitrogen and oxygen atoms in total. The van der Waals surface area contributed by atoms with Gasteiger partial charge in [0.05, 0.1) is 17.7 Å². The number of aromatic nitrogens is 2. The van der Waals surface area contributed by atoms with Crippen molar-refractivity contribution in [3.05, 3.63) is 64.8 Å². The van der Waals surface area contributed by atoms with Crippen molar-refractivity contribution in [2.24, 2.45) is 10.9 Å². The quantitative estimate of drug-likeness (QED) is 0.272. The van der Waals surface area contributed by atoms with Crippen molar-refractivity contribution in [3.63, 3.8) is 0 Å². The van der Waals surface area contributed by atoms with E-state index in [1.54, 1.807) is 11.0 Å². The molecule has 0 amide bonds. The molecule has 1 N–H and O–H groups in total. The molecule has 0 unspecified atom stereocenters. The van der Waals surface area contributed by atoms with Crippen molar-refractivity contribution in [1.82, 2.24) is 15.1 Å². The fourth-order valence-electron chi connectivity index (χ4n) is 2.79. The largest absolute Gasteiger partial charge is 0.437 e. The number of nitrogens with one attached hydrogen (secondary N) is 1. The van der Waals surface area contributed by atoms with Gasteiger partial charge >= 0.3 is 0 Å². The first kappa shape index (κ1) is 20.9. The second-order valence-corrected chi connectivity index (χ2v) is 7.91. The summed E-state index contributed by atoms with van der Waals surface area (Å²) >= 11 is 5.95. The molecule has 0 saturated heterocycles. The van der Waals surface area contributed by atoms with E-state index in [-0.39, 0.29) is 0 Å². The zero-order chi connectivity index (χ0) is 20.8. The summed E-state index contributed by atoms with van der Waals surface area (Å²) in [5.41, 5.74) is 3.90. The molecular weight excluding hydrogens is 384 g/mol. The lowest BCUT2D eigenvalue weighted by molar-refractivity contribution is 0.454. The van der Waals surface area contributed by atoms with Crippen LogP contribution in [0.4, 0.5) is 5.69 Å². The van der Waals surface area contributed by atoms with Gasteiger partial charge < -0.3 is 10.1 Å². The van der Waals surface area contributed by atoms with Gasteiger partial charge in [-0.1, -0.05) is 25.4 Å². The van der Waals surface area contributed by atoms with Crippen LogP contribution in [0.5, 0.6) is 11.6 Å².